The predicted molar refractivity (Wildman–Crippen MR) is 116 cm³/mol. The van der Waals surface area contributed by atoms with Gasteiger partial charge in [0.1, 0.15) is 17.2 Å². The van der Waals surface area contributed by atoms with Gasteiger partial charge < -0.3 is 14.8 Å². The van der Waals surface area contributed by atoms with Crippen LogP contribution in [0, 0.1) is 0 Å². The number of halogens is 4. The number of nitrogens with one attached hydrogen (secondary N) is 1. The third kappa shape index (κ3) is 6.04. The van der Waals surface area contributed by atoms with Crippen molar-refractivity contribution in [2.45, 2.75) is 11.3 Å². The number of anilines is 1. The lowest BCUT2D eigenvalue weighted by Gasteiger charge is -2.12. The quantitative estimate of drug-likeness (QED) is 0.350. The Labute approximate surface area is 191 Å². The van der Waals surface area contributed by atoms with E-state index in [0.717, 1.165) is 17.8 Å². The van der Waals surface area contributed by atoms with Crippen LogP contribution in [-0.2, 0) is 11.0 Å². The Morgan fingerprint density at radius 2 is 1.78 bits per heavy atom. The lowest BCUT2D eigenvalue weighted by Crippen LogP contribution is -2.15. The van der Waals surface area contributed by atoms with Gasteiger partial charge in [0.25, 0.3) is 0 Å². The molecule has 1 N–H and O–H groups in total. The molecule has 0 fully saturated rings. The van der Waals surface area contributed by atoms with Crippen LogP contribution in [0.1, 0.15) is 5.69 Å². The minimum atomic E-state index is -4.67. The van der Waals surface area contributed by atoms with E-state index in [1.54, 1.807) is 36.4 Å². The molecule has 0 aliphatic carbocycles. The maximum Gasteiger partial charge on any atom is 0.433 e. The lowest BCUT2D eigenvalue weighted by atomic mass is 10.1. The fourth-order valence-electron chi connectivity index (χ4n) is 2.64. The molecular formula is C21H17ClF3N3O3S. The summed E-state index contributed by atoms with van der Waals surface area (Å²) in [7, 11) is 2.92. The number of carbonyl (C=O) groups is 1. The van der Waals surface area contributed by atoms with Gasteiger partial charge in [0.2, 0.25) is 5.91 Å². The van der Waals surface area contributed by atoms with Crippen LogP contribution in [0.5, 0.6) is 11.5 Å². The highest BCUT2D eigenvalue weighted by Gasteiger charge is 2.34. The molecule has 0 radical (unpaired) electrons. The zero-order valence-electron chi connectivity index (χ0n) is 16.9. The Morgan fingerprint density at radius 1 is 1.06 bits per heavy atom. The minimum Gasteiger partial charge on any atom is -0.497 e. The van der Waals surface area contributed by atoms with E-state index >= 15 is 0 Å². The summed E-state index contributed by atoms with van der Waals surface area (Å²) < 4.78 is 50.3. The number of alkyl halides is 3. The Kier molecular flexibility index (Phi) is 7.47. The number of hydrogen-bond donors (Lipinski definition) is 1. The molecule has 0 atom stereocenters. The van der Waals surface area contributed by atoms with E-state index in [1.165, 1.54) is 20.3 Å². The number of aromatic nitrogens is 2. The van der Waals surface area contributed by atoms with Crippen LogP contribution in [0.25, 0.3) is 11.3 Å². The summed E-state index contributed by atoms with van der Waals surface area (Å²) >= 11 is 6.72. The number of carbonyl (C=O) groups excluding carboxylic acids is 1. The molecule has 2 aromatic carbocycles. The molecule has 1 amide bonds. The second kappa shape index (κ2) is 10.1. The predicted octanol–water partition coefficient (Wildman–Crippen LogP) is 5.56. The van der Waals surface area contributed by atoms with Crippen molar-refractivity contribution in [2.24, 2.45) is 0 Å². The van der Waals surface area contributed by atoms with Crippen LogP contribution < -0.4 is 14.8 Å². The molecule has 0 saturated heterocycles. The Hall–Kier alpha value is -2.98. The summed E-state index contributed by atoms with van der Waals surface area (Å²) in [6, 6.07) is 12.0. The summed E-state index contributed by atoms with van der Waals surface area (Å²) in [6.45, 7) is 0. The average Bonchev–Trinajstić information content (AvgIpc) is 2.77. The Morgan fingerprint density at radius 3 is 2.41 bits per heavy atom. The van der Waals surface area contributed by atoms with Crippen molar-refractivity contribution in [2.75, 3.05) is 25.3 Å². The summed E-state index contributed by atoms with van der Waals surface area (Å²) in [5.74, 6) is 0.243. The number of ether oxygens (including phenoxy) is 2. The molecule has 0 saturated carbocycles. The molecule has 0 unspecified atom stereocenters. The normalized spacial score (nSPS) is 11.2. The maximum absolute atomic E-state index is 13.4. The van der Waals surface area contributed by atoms with Crippen LogP contribution >= 0.6 is 23.4 Å². The number of amides is 1. The molecule has 0 bridgehead atoms. The fraction of sp³-hybridized carbons (Fsp3) is 0.190. The number of benzene rings is 2. The van der Waals surface area contributed by atoms with E-state index in [0.29, 0.717) is 27.8 Å². The van der Waals surface area contributed by atoms with Crippen molar-refractivity contribution in [3.8, 4) is 22.8 Å². The number of nitrogens with zero attached hydrogens (tertiary/aromatic N) is 2. The van der Waals surface area contributed by atoms with Crippen molar-refractivity contribution < 1.29 is 27.4 Å². The SMILES string of the molecule is COc1ccc(-c2cc(C(F)(F)F)nc(SCC(=O)Nc3cc(Cl)ccc3OC)n2)cc1. The third-order valence-electron chi connectivity index (χ3n) is 4.15. The molecule has 6 nitrogen and oxygen atoms in total. The van der Waals surface area contributed by atoms with Gasteiger partial charge in [0, 0.05) is 10.6 Å². The molecule has 1 aromatic heterocycles. The summed E-state index contributed by atoms with van der Waals surface area (Å²) in [4.78, 5) is 20.1. The Bertz CT molecular complexity index is 1110. The van der Waals surface area contributed by atoms with Crippen molar-refractivity contribution in [1.29, 1.82) is 0 Å². The number of rotatable bonds is 7. The maximum atomic E-state index is 13.4. The van der Waals surface area contributed by atoms with Gasteiger partial charge in [-0.3, -0.25) is 4.79 Å². The van der Waals surface area contributed by atoms with Crippen LogP contribution in [0.2, 0.25) is 5.02 Å². The number of thioether (sulfide) groups is 1. The first-order valence-corrected chi connectivity index (χ1v) is 10.4. The second-order valence-corrected chi connectivity index (χ2v) is 7.71. The third-order valence-corrected chi connectivity index (χ3v) is 5.23. The molecule has 0 aliphatic heterocycles. The topological polar surface area (TPSA) is 73.3 Å². The number of methoxy groups -OCH3 is 2. The molecule has 11 heteroatoms. The van der Waals surface area contributed by atoms with E-state index in [4.69, 9.17) is 21.1 Å². The zero-order chi connectivity index (χ0) is 23.3. The van der Waals surface area contributed by atoms with Gasteiger partial charge in [0.05, 0.1) is 31.4 Å². The molecule has 0 spiro atoms. The second-order valence-electron chi connectivity index (χ2n) is 6.33. The van der Waals surface area contributed by atoms with Crippen molar-refractivity contribution in [3.63, 3.8) is 0 Å². The monoisotopic (exact) mass is 483 g/mol. The fourth-order valence-corrected chi connectivity index (χ4v) is 3.47. The van der Waals surface area contributed by atoms with Crippen LogP contribution in [0.4, 0.5) is 18.9 Å². The van der Waals surface area contributed by atoms with E-state index in [-0.39, 0.29) is 16.6 Å². The molecule has 3 rings (SSSR count). The van der Waals surface area contributed by atoms with E-state index < -0.39 is 17.8 Å². The van der Waals surface area contributed by atoms with Crippen molar-refractivity contribution >= 4 is 35.0 Å². The zero-order valence-corrected chi connectivity index (χ0v) is 18.4. The van der Waals surface area contributed by atoms with E-state index in [2.05, 4.69) is 15.3 Å². The van der Waals surface area contributed by atoms with Gasteiger partial charge in [-0.1, -0.05) is 23.4 Å². The molecule has 32 heavy (non-hydrogen) atoms. The molecule has 0 aliphatic rings. The van der Waals surface area contributed by atoms with Gasteiger partial charge in [-0.25, -0.2) is 9.97 Å². The lowest BCUT2D eigenvalue weighted by molar-refractivity contribution is -0.141. The van der Waals surface area contributed by atoms with Gasteiger partial charge in [0.15, 0.2) is 5.16 Å². The summed E-state index contributed by atoms with van der Waals surface area (Å²) in [6.07, 6.45) is -4.67. The van der Waals surface area contributed by atoms with Crippen LogP contribution in [0.15, 0.2) is 53.7 Å². The largest absolute Gasteiger partial charge is 0.497 e. The van der Waals surface area contributed by atoms with E-state index in [1.807, 2.05) is 0 Å². The summed E-state index contributed by atoms with van der Waals surface area (Å²) in [5.41, 5.74) is -0.227. The van der Waals surface area contributed by atoms with Crippen molar-refractivity contribution in [3.05, 3.63) is 59.2 Å². The number of hydrogen-bond acceptors (Lipinski definition) is 6. The smallest absolute Gasteiger partial charge is 0.433 e. The molecule has 1 heterocycles. The van der Waals surface area contributed by atoms with Crippen LogP contribution in [-0.4, -0.2) is 35.8 Å². The van der Waals surface area contributed by atoms with Crippen LogP contribution in [0.3, 0.4) is 0 Å². The first-order chi connectivity index (χ1) is 15.2. The van der Waals surface area contributed by atoms with E-state index in [9.17, 15) is 18.0 Å². The molecule has 3 aromatic rings. The first kappa shape index (κ1) is 23.7. The minimum absolute atomic E-state index is 0.0781. The average molecular weight is 484 g/mol. The van der Waals surface area contributed by atoms with Gasteiger partial charge in [-0.15, -0.1) is 0 Å². The van der Waals surface area contributed by atoms with Gasteiger partial charge in [-0.05, 0) is 48.5 Å². The first-order valence-electron chi connectivity index (χ1n) is 9.06. The summed E-state index contributed by atoms with van der Waals surface area (Å²) in [5, 5.41) is 2.82. The Balaban J connectivity index is 1.81. The van der Waals surface area contributed by atoms with Crippen molar-refractivity contribution in [1.82, 2.24) is 9.97 Å². The highest BCUT2D eigenvalue weighted by atomic mass is 35.5. The van der Waals surface area contributed by atoms with Gasteiger partial charge in [-0.2, -0.15) is 13.2 Å². The molecule has 168 valence electrons. The standard InChI is InChI=1S/C21H17ClF3N3O3S/c1-30-14-6-3-12(4-7-14)15-10-18(21(23,24)25)28-20(27-15)32-11-19(29)26-16-9-13(22)5-8-17(16)31-2/h3-10H,11H2,1-2H3,(H,26,29). The molecular weight excluding hydrogens is 467 g/mol. The highest BCUT2D eigenvalue weighted by molar-refractivity contribution is 7.99. The van der Waals surface area contributed by atoms with Gasteiger partial charge >= 0.3 is 6.18 Å². The highest BCUT2D eigenvalue weighted by Crippen LogP contribution is 2.33.